The number of hydrogen-bond acceptors (Lipinski definition) is 3. The highest BCUT2D eigenvalue weighted by atomic mass is 16.2. The number of hydrogen-bond donors (Lipinski definition) is 0. The molecule has 26 heavy (non-hydrogen) atoms. The molecule has 0 aliphatic rings. The van der Waals surface area contributed by atoms with Crippen molar-refractivity contribution in [3.63, 3.8) is 0 Å². The number of likely N-dealkylation sites (N-methyl/N-ethyl adjacent to an activating group) is 1. The number of amides is 1. The van der Waals surface area contributed by atoms with E-state index >= 15 is 0 Å². The van der Waals surface area contributed by atoms with E-state index in [1.807, 2.05) is 53.9 Å². The molecule has 0 fully saturated rings. The SMILES string of the molecule is CCCC[C@H](c1cccnc1)N(C)C(=O)Cc1cnc2c(C)cccn12. The molecule has 0 N–H and O–H groups in total. The summed E-state index contributed by atoms with van der Waals surface area (Å²) < 4.78 is 2.01. The van der Waals surface area contributed by atoms with Gasteiger partial charge in [0, 0.05) is 31.8 Å². The molecular weight excluding hydrogens is 324 g/mol. The topological polar surface area (TPSA) is 50.5 Å². The molecule has 5 heteroatoms. The molecular formula is C21H26N4O. The summed E-state index contributed by atoms with van der Waals surface area (Å²) in [5.41, 5.74) is 4.02. The van der Waals surface area contributed by atoms with Gasteiger partial charge in [-0.25, -0.2) is 4.98 Å². The van der Waals surface area contributed by atoms with Gasteiger partial charge in [-0.05, 0) is 36.6 Å². The molecule has 3 rings (SSSR count). The highest BCUT2D eigenvalue weighted by Gasteiger charge is 2.22. The van der Waals surface area contributed by atoms with Gasteiger partial charge in [-0.1, -0.05) is 31.9 Å². The van der Waals surface area contributed by atoms with Crippen molar-refractivity contribution in [2.75, 3.05) is 7.05 Å². The molecule has 0 spiro atoms. The van der Waals surface area contributed by atoms with E-state index < -0.39 is 0 Å². The van der Waals surface area contributed by atoms with Gasteiger partial charge in [0.05, 0.1) is 18.2 Å². The van der Waals surface area contributed by atoms with E-state index in [2.05, 4.69) is 23.0 Å². The predicted octanol–water partition coefficient (Wildman–Crippen LogP) is 3.97. The van der Waals surface area contributed by atoms with Crippen LogP contribution in [-0.2, 0) is 11.2 Å². The van der Waals surface area contributed by atoms with Gasteiger partial charge in [-0.15, -0.1) is 0 Å². The van der Waals surface area contributed by atoms with Crippen LogP contribution in [0, 0.1) is 6.92 Å². The zero-order valence-electron chi connectivity index (χ0n) is 15.7. The molecule has 0 bridgehead atoms. The van der Waals surface area contributed by atoms with Gasteiger partial charge in [-0.3, -0.25) is 9.78 Å². The lowest BCUT2D eigenvalue weighted by Crippen LogP contribution is -2.32. The third-order valence-electron chi connectivity index (χ3n) is 4.90. The summed E-state index contributed by atoms with van der Waals surface area (Å²) in [6.07, 6.45) is 10.9. The highest BCUT2D eigenvalue weighted by Crippen LogP contribution is 2.25. The number of pyridine rings is 2. The van der Waals surface area contributed by atoms with Crippen LogP contribution in [0.25, 0.3) is 5.65 Å². The Hall–Kier alpha value is -2.69. The van der Waals surface area contributed by atoms with Gasteiger partial charge < -0.3 is 9.30 Å². The Morgan fingerprint density at radius 3 is 2.85 bits per heavy atom. The van der Waals surface area contributed by atoms with E-state index in [1.54, 1.807) is 12.4 Å². The monoisotopic (exact) mass is 350 g/mol. The quantitative estimate of drug-likeness (QED) is 0.648. The number of rotatable bonds is 7. The number of aryl methyl sites for hydroxylation is 1. The Balaban J connectivity index is 1.81. The first-order valence-electron chi connectivity index (χ1n) is 9.19. The van der Waals surface area contributed by atoms with Crippen LogP contribution in [-0.4, -0.2) is 32.2 Å². The second-order valence-electron chi connectivity index (χ2n) is 6.76. The summed E-state index contributed by atoms with van der Waals surface area (Å²) in [4.78, 5) is 23.5. The summed E-state index contributed by atoms with van der Waals surface area (Å²) in [6.45, 7) is 4.20. The molecule has 0 aromatic carbocycles. The van der Waals surface area contributed by atoms with Crippen molar-refractivity contribution >= 4 is 11.6 Å². The normalized spacial score (nSPS) is 12.3. The van der Waals surface area contributed by atoms with Crippen LogP contribution in [0.3, 0.4) is 0 Å². The molecule has 0 unspecified atom stereocenters. The summed E-state index contributed by atoms with van der Waals surface area (Å²) in [6, 6.07) is 8.05. The second-order valence-corrected chi connectivity index (χ2v) is 6.76. The maximum Gasteiger partial charge on any atom is 0.228 e. The summed E-state index contributed by atoms with van der Waals surface area (Å²) in [5.74, 6) is 0.0956. The van der Waals surface area contributed by atoms with Gasteiger partial charge in [-0.2, -0.15) is 0 Å². The van der Waals surface area contributed by atoms with Crippen molar-refractivity contribution in [2.45, 2.75) is 45.6 Å². The first-order chi connectivity index (χ1) is 12.6. The minimum Gasteiger partial charge on any atom is -0.338 e. The number of unbranched alkanes of at least 4 members (excludes halogenated alkanes) is 1. The van der Waals surface area contributed by atoms with Gasteiger partial charge >= 0.3 is 0 Å². The zero-order chi connectivity index (χ0) is 18.5. The number of imidazole rings is 1. The van der Waals surface area contributed by atoms with Gasteiger partial charge in [0.15, 0.2) is 0 Å². The highest BCUT2D eigenvalue weighted by molar-refractivity contribution is 5.79. The number of fused-ring (bicyclic) bond motifs is 1. The minimum absolute atomic E-state index is 0.0528. The molecule has 3 heterocycles. The molecule has 3 aromatic heterocycles. The first kappa shape index (κ1) is 18.1. The third-order valence-corrected chi connectivity index (χ3v) is 4.90. The molecule has 136 valence electrons. The van der Waals surface area contributed by atoms with Crippen LogP contribution < -0.4 is 0 Å². The standard InChI is InChI=1S/C21H26N4O/c1-4-5-10-19(17-9-6-11-22-14-17)24(3)20(26)13-18-15-23-21-16(2)8-7-12-25(18)21/h6-9,11-12,14-15,19H,4-5,10,13H2,1-3H3/t19-/m1/s1. The number of nitrogens with zero attached hydrogens (tertiary/aromatic N) is 4. The van der Waals surface area contributed by atoms with Gasteiger partial charge in [0.2, 0.25) is 5.91 Å². The van der Waals surface area contributed by atoms with E-state index in [-0.39, 0.29) is 11.9 Å². The summed E-state index contributed by atoms with van der Waals surface area (Å²) in [7, 11) is 1.89. The average Bonchev–Trinajstić information content (AvgIpc) is 3.07. The fourth-order valence-electron chi connectivity index (χ4n) is 3.34. The largest absolute Gasteiger partial charge is 0.338 e. The van der Waals surface area contributed by atoms with E-state index in [1.165, 1.54) is 0 Å². The Kier molecular flexibility index (Phi) is 5.66. The zero-order valence-corrected chi connectivity index (χ0v) is 15.7. The van der Waals surface area contributed by atoms with Crippen molar-refractivity contribution in [1.29, 1.82) is 0 Å². The van der Waals surface area contributed by atoms with Crippen LogP contribution in [0.5, 0.6) is 0 Å². The molecule has 0 radical (unpaired) electrons. The smallest absolute Gasteiger partial charge is 0.228 e. The molecule has 1 amide bonds. The minimum atomic E-state index is 0.0528. The second kappa shape index (κ2) is 8.13. The first-order valence-corrected chi connectivity index (χ1v) is 9.19. The Bertz CT molecular complexity index is 872. The lowest BCUT2D eigenvalue weighted by atomic mass is 10.0. The number of carbonyl (C=O) groups excluding carboxylic acids is 1. The van der Waals surface area contributed by atoms with Crippen LogP contribution in [0.2, 0.25) is 0 Å². The van der Waals surface area contributed by atoms with Crippen molar-refractivity contribution in [3.8, 4) is 0 Å². The molecule has 0 saturated carbocycles. The van der Waals surface area contributed by atoms with Crippen LogP contribution in [0.4, 0.5) is 0 Å². The lowest BCUT2D eigenvalue weighted by molar-refractivity contribution is -0.131. The molecule has 5 nitrogen and oxygen atoms in total. The Morgan fingerprint density at radius 2 is 2.12 bits per heavy atom. The van der Waals surface area contributed by atoms with Crippen LogP contribution >= 0.6 is 0 Å². The summed E-state index contributed by atoms with van der Waals surface area (Å²) >= 11 is 0. The van der Waals surface area contributed by atoms with E-state index in [0.29, 0.717) is 6.42 Å². The number of carbonyl (C=O) groups is 1. The molecule has 0 saturated heterocycles. The predicted molar refractivity (Wildman–Crippen MR) is 103 cm³/mol. The van der Waals surface area contributed by atoms with E-state index in [9.17, 15) is 4.79 Å². The summed E-state index contributed by atoms with van der Waals surface area (Å²) in [5, 5.41) is 0. The van der Waals surface area contributed by atoms with E-state index in [4.69, 9.17) is 0 Å². The molecule has 0 aliphatic carbocycles. The van der Waals surface area contributed by atoms with Crippen molar-refractivity contribution < 1.29 is 4.79 Å². The average molecular weight is 350 g/mol. The fourth-order valence-corrected chi connectivity index (χ4v) is 3.34. The molecule has 3 aromatic rings. The molecule has 1 atom stereocenters. The maximum atomic E-state index is 13.0. The van der Waals surface area contributed by atoms with Gasteiger partial charge in [0.1, 0.15) is 5.65 Å². The van der Waals surface area contributed by atoms with Crippen molar-refractivity contribution in [2.24, 2.45) is 0 Å². The maximum absolute atomic E-state index is 13.0. The molecule has 0 aliphatic heterocycles. The third kappa shape index (κ3) is 3.77. The Morgan fingerprint density at radius 1 is 1.27 bits per heavy atom. The van der Waals surface area contributed by atoms with Crippen molar-refractivity contribution in [3.05, 3.63) is 65.9 Å². The van der Waals surface area contributed by atoms with Crippen LogP contribution in [0.15, 0.2) is 49.1 Å². The number of aromatic nitrogens is 3. The van der Waals surface area contributed by atoms with Crippen LogP contribution in [0.1, 0.15) is 49.0 Å². The lowest BCUT2D eigenvalue weighted by Gasteiger charge is -2.28. The van der Waals surface area contributed by atoms with Crippen molar-refractivity contribution in [1.82, 2.24) is 19.3 Å². The van der Waals surface area contributed by atoms with E-state index in [0.717, 1.165) is 41.7 Å². The fraction of sp³-hybridized carbons (Fsp3) is 0.381. The van der Waals surface area contributed by atoms with Gasteiger partial charge in [0.25, 0.3) is 0 Å². The Labute approximate surface area is 154 Å².